The standard InChI is InChI=1S/C24H26ClFN4O5S/c1-2-35-24(33)20-18(12-30-8-9-34-13-15(30)4-6-19(31)32)28-22(23-27-7-10-36-23)29-21(20)16-5-3-14(26)11-17(16)25/h3,5,7,10-11,15,21H,2,4,6,8-9,12-13H2,1H3,(H,28,29)(H,31,32). The smallest absolute Gasteiger partial charge is 0.338 e. The van der Waals surface area contributed by atoms with E-state index in [4.69, 9.17) is 31.2 Å². The molecule has 1 aromatic carbocycles. The second-order valence-electron chi connectivity index (χ2n) is 8.25. The van der Waals surface area contributed by atoms with Gasteiger partial charge < -0.3 is 19.9 Å². The molecule has 2 aromatic rings. The van der Waals surface area contributed by atoms with E-state index in [1.54, 1.807) is 13.1 Å². The summed E-state index contributed by atoms with van der Waals surface area (Å²) in [5.41, 5.74) is 1.26. The fourth-order valence-electron chi connectivity index (χ4n) is 4.22. The molecule has 0 aliphatic carbocycles. The monoisotopic (exact) mass is 536 g/mol. The Balaban J connectivity index is 1.78. The predicted molar refractivity (Wildman–Crippen MR) is 133 cm³/mol. The number of benzene rings is 1. The van der Waals surface area contributed by atoms with Gasteiger partial charge in [-0.25, -0.2) is 14.2 Å². The lowest BCUT2D eigenvalue weighted by Crippen LogP contribution is -2.49. The second kappa shape index (κ2) is 11.9. The summed E-state index contributed by atoms with van der Waals surface area (Å²) in [4.78, 5) is 35.6. The molecule has 0 spiro atoms. The van der Waals surface area contributed by atoms with Gasteiger partial charge in [-0.3, -0.25) is 14.7 Å². The minimum absolute atomic E-state index is 0.00136. The number of aliphatic carboxylic acids is 1. The molecule has 3 heterocycles. The number of aliphatic imine (C=N–C) groups is 1. The largest absolute Gasteiger partial charge is 0.481 e. The molecule has 2 aliphatic rings. The predicted octanol–water partition coefficient (Wildman–Crippen LogP) is 3.41. The van der Waals surface area contributed by atoms with Crippen LogP contribution in [0.2, 0.25) is 5.02 Å². The molecule has 0 amide bonds. The first-order valence-electron chi connectivity index (χ1n) is 11.5. The summed E-state index contributed by atoms with van der Waals surface area (Å²) in [5.74, 6) is -1.50. The van der Waals surface area contributed by atoms with E-state index in [2.05, 4.69) is 15.2 Å². The third kappa shape index (κ3) is 6.09. The first kappa shape index (κ1) is 26.2. The average molecular weight is 537 g/mol. The number of halogens is 2. The van der Waals surface area contributed by atoms with Crippen LogP contribution < -0.4 is 5.32 Å². The fraction of sp³-hybridized carbons (Fsp3) is 0.417. The number of carboxylic acid groups (broad SMARTS) is 1. The number of nitrogens with zero attached hydrogens (tertiary/aromatic N) is 3. The molecule has 2 unspecified atom stereocenters. The van der Waals surface area contributed by atoms with E-state index in [9.17, 15) is 14.0 Å². The highest BCUT2D eigenvalue weighted by molar-refractivity contribution is 7.11. The van der Waals surface area contributed by atoms with Crippen molar-refractivity contribution >= 4 is 40.7 Å². The molecule has 192 valence electrons. The molecule has 1 saturated heterocycles. The Morgan fingerprint density at radius 2 is 2.25 bits per heavy atom. The van der Waals surface area contributed by atoms with E-state index in [0.29, 0.717) is 54.8 Å². The van der Waals surface area contributed by atoms with Gasteiger partial charge in [0.15, 0.2) is 10.8 Å². The number of carboxylic acids is 1. The summed E-state index contributed by atoms with van der Waals surface area (Å²) in [6.07, 6.45) is 2.05. The Labute approximate surface area is 216 Å². The molecular weight excluding hydrogens is 511 g/mol. The Bertz CT molecular complexity index is 1170. The highest BCUT2D eigenvalue weighted by Gasteiger charge is 2.36. The molecule has 2 N–H and O–H groups in total. The molecule has 2 atom stereocenters. The Morgan fingerprint density at radius 1 is 1.42 bits per heavy atom. The maximum absolute atomic E-state index is 13.8. The number of nitrogens with one attached hydrogen (secondary N) is 1. The van der Waals surface area contributed by atoms with Crippen LogP contribution in [0.25, 0.3) is 0 Å². The third-order valence-electron chi connectivity index (χ3n) is 5.92. The third-order valence-corrected chi connectivity index (χ3v) is 7.02. The molecule has 4 rings (SSSR count). The van der Waals surface area contributed by atoms with Crippen LogP contribution in [0, 0.1) is 5.82 Å². The molecule has 0 bridgehead atoms. The minimum atomic E-state index is -0.882. The zero-order chi connectivity index (χ0) is 25.7. The summed E-state index contributed by atoms with van der Waals surface area (Å²) in [7, 11) is 0. The Hall–Kier alpha value is -2.86. The number of morpholine rings is 1. The number of esters is 1. The van der Waals surface area contributed by atoms with E-state index in [0.717, 1.165) is 0 Å². The van der Waals surface area contributed by atoms with Crippen LogP contribution in [-0.4, -0.2) is 71.7 Å². The normalized spacial score (nSPS) is 20.6. The maximum atomic E-state index is 13.8. The van der Waals surface area contributed by atoms with Gasteiger partial charge in [0, 0.05) is 53.4 Å². The number of rotatable bonds is 9. The van der Waals surface area contributed by atoms with Gasteiger partial charge in [0.1, 0.15) is 11.9 Å². The first-order valence-corrected chi connectivity index (χ1v) is 12.8. The minimum Gasteiger partial charge on any atom is -0.481 e. The highest BCUT2D eigenvalue weighted by atomic mass is 35.5. The van der Waals surface area contributed by atoms with E-state index in [1.807, 2.05) is 5.38 Å². The molecule has 12 heteroatoms. The van der Waals surface area contributed by atoms with E-state index in [1.165, 1.54) is 29.5 Å². The van der Waals surface area contributed by atoms with Gasteiger partial charge in [-0.05, 0) is 25.5 Å². The van der Waals surface area contributed by atoms with Crippen molar-refractivity contribution in [1.82, 2.24) is 15.2 Å². The summed E-state index contributed by atoms with van der Waals surface area (Å²) in [6, 6.07) is 2.96. The topological polar surface area (TPSA) is 113 Å². The summed E-state index contributed by atoms with van der Waals surface area (Å²) in [6.45, 7) is 3.57. The van der Waals surface area contributed by atoms with Gasteiger partial charge in [0.2, 0.25) is 0 Å². The SMILES string of the molecule is CCOC(=O)C1=C(CN2CCOCC2CCC(=O)O)NC(c2nccs2)=NC1c1ccc(F)cc1Cl. The summed E-state index contributed by atoms with van der Waals surface area (Å²) >= 11 is 7.79. The molecule has 1 aromatic heterocycles. The number of hydrogen-bond acceptors (Lipinski definition) is 9. The molecule has 1 fully saturated rings. The van der Waals surface area contributed by atoms with Crippen LogP contribution in [0.15, 0.2) is 46.0 Å². The van der Waals surface area contributed by atoms with Gasteiger partial charge in [-0.15, -0.1) is 11.3 Å². The van der Waals surface area contributed by atoms with E-state index >= 15 is 0 Å². The molecule has 36 heavy (non-hydrogen) atoms. The van der Waals surface area contributed by atoms with Gasteiger partial charge in [-0.2, -0.15) is 0 Å². The Kier molecular flexibility index (Phi) is 8.68. The highest BCUT2D eigenvalue weighted by Crippen LogP contribution is 2.37. The van der Waals surface area contributed by atoms with Crippen LogP contribution in [0.4, 0.5) is 4.39 Å². The number of aromatic nitrogens is 1. The van der Waals surface area contributed by atoms with Crippen molar-refractivity contribution in [2.45, 2.75) is 31.8 Å². The van der Waals surface area contributed by atoms with Gasteiger partial charge in [0.05, 0.1) is 25.4 Å². The molecule has 0 saturated carbocycles. The number of hydrogen-bond donors (Lipinski definition) is 2. The van der Waals surface area contributed by atoms with Crippen molar-refractivity contribution in [3.63, 3.8) is 0 Å². The van der Waals surface area contributed by atoms with Crippen LogP contribution in [0.3, 0.4) is 0 Å². The summed E-state index contributed by atoms with van der Waals surface area (Å²) in [5, 5.41) is 15.0. The fourth-order valence-corrected chi connectivity index (χ4v) is 5.08. The van der Waals surface area contributed by atoms with Gasteiger partial charge in [0.25, 0.3) is 0 Å². The van der Waals surface area contributed by atoms with Crippen molar-refractivity contribution in [1.29, 1.82) is 0 Å². The van der Waals surface area contributed by atoms with Gasteiger partial charge in [-0.1, -0.05) is 17.7 Å². The van der Waals surface area contributed by atoms with Crippen LogP contribution in [0.1, 0.15) is 36.4 Å². The first-order chi connectivity index (χ1) is 17.4. The van der Waals surface area contributed by atoms with E-state index < -0.39 is 23.8 Å². The van der Waals surface area contributed by atoms with Crippen molar-refractivity contribution in [2.75, 3.05) is 32.9 Å². The number of amidine groups is 1. The lowest BCUT2D eigenvalue weighted by molar-refractivity contribution is -0.139. The van der Waals surface area contributed by atoms with Crippen LogP contribution in [-0.2, 0) is 19.1 Å². The number of carbonyl (C=O) groups is 2. The number of thiazole rings is 1. The second-order valence-corrected chi connectivity index (χ2v) is 9.55. The molecule has 2 aliphatic heterocycles. The lowest BCUT2D eigenvalue weighted by Gasteiger charge is -2.37. The van der Waals surface area contributed by atoms with Crippen molar-refractivity contribution in [2.24, 2.45) is 4.99 Å². The van der Waals surface area contributed by atoms with Crippen molar-refractivity contribution < 1.29 is 28.6 Å². The van der Waals surface area contributed by atoms with E-state index in [-0.39, 0.29) is 29.7 Å². The summed E-state index contributed by atoms with van der Waals surface area (Å²) < 4.78 is 24.8. The number of ether oxygens (including phenoxy) is 2. The zero-order valence-electron chi connectivity index (χ0n) is 19.6. The molecule has 9 nitrogen and oxygen atoms in total. The van der Waals surface area contributed by atoms with Crippen molar-refractivity contribution in [3.8, 4) is 0 Å². The molecule has 0 radical (unpaired) electrons. The average Bonchev–Trinajstić information content (AvgIpc) is 3.38. The van der Waals surface area contributed by atoms with Crippen molar-refractivity contribution in [3.05, 3.63) is 62.5 Å². The maximum Gasteiger partial charge on any atom is 0.338 e. The Morgan fingerprint density at radius 3 is 2.94 bits per heavy atom. The van der Waals surface area contributed by atoms with Gasteiger partial charge >= 0.3 is 11.9 Å². The van der Waals surface area contributed by atoms with Crippen LogP contribution in [0.5, 0.6) is 0 Å². The zero-order valence-corrected chi connectivity index (χ0v) is 21.1. The molecular formula is C24H26ClFN4O5S. The quantitative estimate of drug-likeness (QED) is 0.469. The van der Waals surface area contributed by atoms with Crippen LogP contribution >= 0.6 is 22.9 Å². The lowest BCUT2D eigenvalue weighted by atomic mass is 9.94. The number of carbonyl (C=O) groups excluding carboxylic acids is 1.